The summed E-state index contributed by atoms with van der Waals surface area (Å²) in [5.41, 5.74) is 2.74. The first-order chi connectivity index (χ1) is 9.47. The highest BCUT2D eigenvalue weighted by Gasteiger charge is 2.36. The highest BCUT2D eigenvalue weighted by atomic mass is 16.5. The molecule has 0 N–H and O–H groups in total. The number of hydrogen-bond acceptors (Lipinski definition) is 4. The predicted molar refractivity (Wildman–Crippen MR) is 74.9 cm³/mol. The van der Waals surface area contributed by atoms with Gasteiger partial charge in [0.15, 0.2) is 0 Å². The first-order valence-electron chi connectivity index (χ1n) is 6.51. The van der Waals surface area contributed by atoms with Gasteiger partial charge in [0.2, 0.25) is 5.91 Å². The Hall–Kier alpha value is -2.04. The highest BCUT2D eigenvalue weighted by molar-refractivity contribution is 5.99. The van der Waals surface area contributed by atoms with E-state index in [1.165, 1.54) is 7.11 Å². The molecule has 1 atom stereocenters. The fraction of sp³-hybridized carbons (Fsp3) is 0.467. The number of hydrogen-bond donors (Lipinski definition) is 0. The molecule has 0 spiro atoms. The van der Waals surface area contributed by atoms with Gasteiger partial charge in [-0.1, -0.05) is 0 Å². The Morgan fingerprint density at radius 1 is 1.25 bits per heavy atom. The van der Waals surface area contributed by atoms with Crippen LogP contribution >= 0.6 is 0 Å². The fourth-order valence-electron chi connectivity index (χ4n) is 2.69. The van der Waals surface area contributed by atoms with Crippen LogP contribution in [0.25, 0.3) is 0 Å². The fourth-order valence-corrected chi connectivity index (χ4v) is 2.69. The van der Waals surface area contributed by atoms with Crippen molar-refractivity contribution in [1.29, 1.82) is 0 Å². The third-order valence-corrected chi connectivity index (χ3v) is 3.62. The number of methoxy groups -OCH3 is 2. The molecule has 1 unspecified atom stereocenters. The number of carbonyl (C=O) groups is 2. The van der Waals surface area contributed by atoms with Gasteiger partial charge in [0.1, 0.15) is 5.75 Å². The minimum atomic E-state index is -0.379. The van der Waals surface area contributed by atoms with Crippen molar-refractivity contribution in [2.24, 2.45) is 5.92 Å². The van der Waals surface area contributed by atoms with Gasteiger partial charge in [-0.3, -0.25) is 9.59 Å². The van der Waals surface area contributed by atoms with Gasteiger partial charge in [-0.15, -0.1) is 0 Å². The molecule has 1 aromatic rings. The largest absolute Gasteiger partial charge is 0.496 e. The van der Waals surface area contributed by atoms with Gasteiger partial charge in [0, 0.05) is 18.7 Å². The number of aryl methyl sites for hydroxylation is 2. The zero-order chi connectivity index (χ0) is 14.9. The maximum absolute atomic E-state index is 12.1. The van der Waals surface area contributed by atoms with Gasteiger partial charge < -0.3 is 14.4 Å². The molecule has 20 heavy (non-hydrogen) atoms. The van der Waals surface area contributed by atoms with Crippen molar-refractivity contribution in [2.45, 2.75) is 20.3 Å². The number of rotatable bonds is 3. The normalized spacial score (nSPS) is 18.3. The van der Waals surface area contributed by atoms with Gasteiger partial charge in [-0.05, 0) is 37.1 Å². The van der Waals surface area contributed by atoms with E-state index in [0.717, 1.165) is 22.6 Å². The molecule has 0 radical (unpaired) electrons. The SMILES string of the molecule is COC(=O)C1CC(=O)N(c2cc(C)c(OC)c(C)c2)C1. The zero-order valence-electron chi connectivity index (χ0n) is 12.2. The van der Waals surface area contributed by atoms with Crippen LogP contribution < -0.4 is 9.64 Å². The van der Waals surface area contributed by atoms with E-state index in [1.807, 2.05) is 26.0 Å². The monoisotopic (exact) mass is 277 g/mol. The van der Waals surface area contributed by atoms with Crippen molar-refractivity contribution in [1.82, 2.24) is 0 Å². The molecule has 1 amide bonds. The molecule has 0 bridgehead atoms. The number of ether oxygens (including phenoxy) is 2. The van der Waals surface area contributed by atoms with Gasteiger partial charge in [0.05, 0.1) is 20.1 Å². The molecule has 1 aromatic carbocycles. The minimum absolute atomic E-state index is 0.0515. The molecule has 1 aliphatic heterocycles. The summed E-state index contributed by atoms with van der Waals surface area (Å²) in [5.74, 6) is 0.0623. The van der Waals surface area contributed by atoms with E-state index in [-0.39, 0.29) is 24.2 Å². The molecule has 1 fully saturated rings. The van der Waals surface area contributed by atoms with Gasteiger partial charge in [-0.25, -0.2) is 0 Å². The van der Waals surface area contributed by atoms with Crippen molar-refractivity contribution >= 4 is 17.6 Å². The molecule has 1 aliphatic rings. The molecule has 1 heterocycles. The van der Waals surface area contributed by atoms with Crippen LogP contribution in [0.2, 0.25) is 0 Å². The molecule has 108 valence electrons. The summed E-state index contributed by atoms with van der Waals surface area (Å²) in [6.45, 7) is 4.25. The van der Waals surface area contributed by atoms with E-state index in [0.29, 0.717) is 6.54 Å². The van der Waals surface area contributed by atoms with Crippen molar-refractivity contribution < 1.29 is 19.1 Å². The van der Waals surface area contributed by atoms with E-state index in [9.17, 15) is 9.59 Å². The second-order valence-corrected chi connectivity index (χ2v) is 5.04. The average Bonchev–Trinajstić information content (AvgIpc) is 2.79. The topological polar surface area (TPSA) is 55.8 Å². The second kappa shape index (κ2) is 5.53. The van der Waals surface area contributed by atoms with Crippen LogP contribution in [0.5, 0.6) is 5.75 Å². The number of carbonyl (C=O) groups excluding carboxylic acids is 2. The molecule has 5 heteroatoms. The maximum atomic E-state index is 12.1. The Balaban J connectivity index is 2.29. The van der Waals surface area contributed by atoms with Gasteiger partial charge in [-0.2, -0.15) is 0 Å². The zero-order valence-corrected chi connectivity index (χ0v) is 12.2. The van der Waals surface area contributed by atoms with E-state index in [2.05, 4.69) is 0 Å². The summed E-state index contributed by atoms with van der Waals surface area (Å²) in [5, 5.41) is 0. The van der Waals surface area contributed by atoms with Crippen molar-refractivity contribution in [3.05, 3.63) is 23.3 Å². The number of esters is 1. The van der Waals surface area contributed by atoms with Crippen LogP contribution in [0.15, 0.2) is 12.1 Å². The van der Waals surface area contributed by atoms with Crippen LogP contribution in [0.1, 0.15) is 17.5 Å². The molecule has 5 nitrogen and oxygen atoms in total. The number of amides is 1. The third kappa shape index (κ3) is 2.48. The van der Waals surface area contributed by atoms with E-state index >= 15 is 0 Å². The van der Waals surface area contributed by atoms with E-state index in [4.69, 9.17) is 9.47 Å². The summed E-state index contributed by atoms with van der Waals surface area (Å²) < 4.78 is 10.0. The van der Waals surface area contributed by atoms with Gasteiger partial charge >= 0.3 is 5.97 Å². The Morgan fingerprint density at radius 2 is 1.85 bits per heavy atom. The molecular formula is C15H19NO4. The molecule has 1 saturated heterocycles. The predicted octanol–water partition coefficient (Wildman–Crippen LogP) is 1.84. The van der Waals surface area contributed by atoms with E-state index < -0.39 is 0 Å². The molecule has 0 aliphatic carbocycles. The molecule has 0 aromatic heterocycles. The Bertz CT molecular complexity index is 530. The molecule has 0 saturated carbocycles. The van der Waals surface area contributed by atoms with Gasteiger partial charge in [0.25, 0.3) is 0 Å². The summed E-state index contributed by atoms with van der Waals surface area (Å²) in [4.78, 5) is 25.3. The Labute approximate surface area is 118 Å². The van der Waals surface area contributed by atoms with Crippen molar-refractivity contribution in [3.63, 3.8) is 0 Å². The lowest BCUT2D eigenvalue weighted by molar-refractivity contribution is -0.145. The minimum Gasteiger partial charge on any atom is -0.496 e. The number of benzene rings is 1. The number of nitrogens with zero attached hydrogens (tertiary/aromatic N) is 1. The summed E-state index contributed by atoms with van der Waals surface area (Å²) in [7, 11) is 2.97. The summed E-state index contributed by atoms with van der Waals surface area (Å²) >= 11 is 0. The second-order valence-electron chi connectivity index (χ2n) is 5.04. The van der Waals surface area contributed by atoms with Crippen LogP contribution in [0.3, 0.4) is 0 Å². The Morgan fingerprint density at radius 3 is 2.35 bits per heavy atom. The molecular weight excluding hydrogens is 258 g/mol. The highest BCUT2D eigenvalue weighted by Crippen LogP contribution is 2.32. The molecule has 2 rings (SSSR count). The maximum Gasteiger partial charge on any atom is 0.311 e. The standard InChI is InChI=1S/C15H19NO4/c1-9-5-12(6-10(2)14(9)19-3)16-8-11(7-13(16)17)15(18)20-4/h5-6,11H,7-8H2,1-4H3. The first kappa shape index (κ1) is 14.4. The quantitative estimate of drug-likeness (QED) is 0.791. The number of anilines is 1. The lowest BCUT2D eigenvalue weighted by atomic mass is 10.1. The Kier molecular flexibility index (Phi) is 3.97. The average molecular weight is 277 g/mol. The van der Waals surface area contributed by atoms with E-state index in [1.54, 1.807) is 12.0 Å². The van der Waals surface area contributed by atoms with Crippen molar-refractivity contribution in [3.8, 4) is 5.75 Å². The van der Waals surface area contributed by atoms with Crippen molar-refractivity contribution in [2.75, 3.05) is 25.7 Å². The van der Waals surface area contributed by atoms with Crippen LogP contribution in [0, 0.1) is 19.8 Å². The lowest BCUT2D eigenvalue weighted by Gasteiger charge is -2.19. The van der Waals surface area contributed by atoms with Crippen LogP contribution in [-0.2, 0) is 14.3 Å². The third-order valence-electron chi connectivity index (χ3n) is 3.62. The lowest BCUT2D eigenvalue weighted by Crippen LogP contribution is -2.26. The summed E-state index contributed by atoms with van der Waals surface area (Å²) in [6.07, 6.45) is 0.205. The van der Waals surface area contributed by atoms with Crippen LogP contribution in [0.4, 0.5) is 5.69 Å². The van der Waals surface area contributed by atoms with Crippen LogP contribution in [-0.4, -0.2) is 32.6 Å². The first-order valence-corrected chi connectivity index (χ1v) is 6.51. The summed E-state index contributed by atoms with van der Waals surface area (Å²) in [6, 6.07) is 3.81. The smallest absolute Gasteiger partial charge is 0.311 e.